The molecule has 0 unspecified atom stereocenters. The van der Waals surface area contributed by atoms with Gasteiger partial charge in [-0.3, -0.25) is 10.1 Å². The lowest BCUT2D eigenvalue weighted by Gasteiger charge is -2.04. The van der Waals surface area contributed by atoms with E-state index in [0.717, 1.165) is 10.1 Å². The van der Waals surface area contributed by atoms with Gasteiger partial charge in [0.05, 0.1) is 0 Å². The summed E-state index contributed by atoms with van der Waals surface area (Å²) in [6.45, 7) is 0. The van der Waals surface area contributed by atoms with E-state index < -0.39 is 0 Å². The van der Waals surface area contributed by atoms with E-state index in [2.05, 4.69) is 51.9 Å². The molecule has 1 amide bonds. The molecular weight excluding hydrogens is 362 g/mol. The van der Waals surface area contributed by atoms with E-state index >= 15 is 0 Å². The van der Waals surface area contributed by atoms with Crippen LogP contribution in [0.25, 0.3) is 10.8 Å². The number of aromatic nitrogens is 2. The Morgan fingerprint density at radius 1 is 0.923 bits per heavy atom. The number of hydrogen-bond acceptors (Lipinski definition) is 5. The molecule has 0 spiro atoms. The van der Waals surface area contributed by atoms with E-state index in [0.29, 0.717) is 10.7 Å². The predicted octanol–water partition coefficient (Wildman–Crippen LogP) is 5.24. The van der Waals surface area contributed by atoms with Crippen LogP contribution < -0.4 is 5.32 Å². The van der Waals surface area contributed by atoms with E-state index in [1.54, 1.807) is 23.9 Å². The van der Waals surface area contributed by atoms with E-state index in [1.807, 2.05) is 24.3 Å². The fraction of sp³-hybridized carbons (Fsp3) is 0.0500. The summed E-state index contributed by atoms with van der Waals surface area (Å²) in [6, 6.07) is 23.8. The molecule has 1 aromatic heterocycles. The van der Waals surface area contributed by atoms with Gasteiger partial charge in [-0.2, -0.15) is 0 Å². The lowest BCUT2D eigenvalue weighted by molar-refractivity contribution is 0.102. The summed E-state index contributed by atoms with van der Waals surface area (Å²) in [4.78, 5) is 12.2. The molecule has 0 aliphatic rings. The molecule has 0 aliphatic heterocycles. The second-order valence-electron chi connectivity index (χ2n) is 5.62. The molecule has 0 bridgehead atoms. The Labute approximate surface area is 159 Å². The third-order valence-electron chi connectivity index (χ3n) is 3.89. The molecule has 3 aromatic carbocycles. The summed E-state index contributed by atoms with van der Waals surface area (Å²) in [6.07, 6.45) is 0. The van der Waals surface area contributed by atoms with Gasteiger partial charge in [-0.25, -0.2) is 0 Å². The highest BCUT2D eigenvalue weighted by molar-refractivity contribution is 8.00. The minimum atomic E-state index is -0.174. The Morgan fingerprint density at radius 2 is 1.69 bits per heavy atom. The van der Waals surface area contributed by atoms with Crippen molar-refractivity contribution >= 4 is 44.9 Å². The number of carbonyl (C=O) groups excluding carboxylic acids is 1. The third kappa shape index (κ3) is 3.76. The van der Waals surface area contributed by atoms with Crippen molar-refractivity contribution in [3.05, 3.63) is 83.9 Å². The van der Waals surface area contributed by atoms with Gasteiger partial charge in [-0.1, -0.05) is 83.8 Å². The van der Waals surface area contributed by atoms with Crippen molar-refractivity contribution in [3.63, 3.8) is 0 Å². The topological polar surface area (TPSA) is 54.9 Å². The minimum Gasteiger partial charge on any atom is -0.296 e. The van der Waals surface area contributed by atoms with Crippen LogP contribution >= 0.6 is 23.1 Å². The average molecular weight is 377 g/mol. The Bertz CT molecular complexity index is 1040. The van der Waals surface area contributed by atoms with Crippen molar-refractivity contribution in [2.45, 2.75) is 10.1 Å². The highest BCUT2D eigenvalue weighted by atomic mass is 32.2. The van der Waals surface area contributed by atoms with E-state index in [4.69, 9.17) is 0 Å². The summed E-state index contributed by atoms with van der Waals surface area (Å²) in [5.41, 5.74) is 1.87. The summed E-state index contributed by atoms with van der Waals surface area (Å²) in [5.74, 6) is 0.634. The molecule has 4 rings (SSSR count). The zero-order valence-electron chi connectivity index (χ0n) is 13.8. The van der Waals surface area contributed by atoms with Crippen LogP contribution in [0.3, 0.4) is 0 Å². The van der Waals surface area contributed by atoms with Crippen LogP contribution in [0.2, 0.25) is 0 Å². The number of rotatable bonds is 5. The summed E-state index contributed by atoms with van der Waals surface area (Å²) < 4.78 is 0.835. The van der Waals surface area contributed by atoms with Gasteiger partial charge in [0.25, 0.3) is 5.91 Å². The number of amides is 1. The maximum Gasteiger partial charge on any atom is 0.257 e. The first-order valence-electron chi connectivity index (χ1n) is 8.09. The summed E-state index contributed by atoms with van der Waals surface area (Å²) in [7, 11) is 0. The van der Waals surface area contributed by atoms with Crippen LogP contribution in [0.5, 0.6) is 0 Å². The van der Waals surface area contributed by atoms with Crippen LogP contribution in [0.4, 0.5) is 5.13 Å². The fourth-order valence-electron chi connectivity index (χ4n) is 2.64. The molecule has 0 aliphatic carbocycles. The SMILES string of the molecule is O=C(Nc1nnc(SCc2cccc3ccccc23)s1)c1ccccc1. The first kappa shape index (κ1) is 16.8. The van der Waals surface area contributed by atoms with Crippen LogP contribution in [-0.2, 0) is 5.75 Å². The average Bonchev–Trinajstić information content (AvgIpc) is 3.14. The lowest BCUT2D eigenvalue weighted by Crippen LogP contribution is -2.11. The Balaban J connectivity index is 1.43. The van der Waals surface area contributed by atoms with Gasteiger partial charge in [0.15, 0.2) is 4.34 Å². The molecule has 4 nitrogen and oxygen atoms in total. The zero-order valence-corrected chi connectivity index (χ0v) is 15.4. The second-order valence-corrected chi connectivity index (χ2v) is 7.82. The Hall–Kier alpha value is -2.70. The first-order valence-corrected chi connectivity index (χ1v) is 9.89. The van der Waals surface area contributed by atoms with Gasteiger partial charge < -0.3 is 0 Å². The van der Waals surface area contributed by atoms with Gasteiger partial charge in [0.1, 0.15) is 0 Å². The molecule has 0 fully saturated rings. The van der Waals surface area contributed by atoms with Gasteiger partial charge in [0, 0.05) is 11.3 Å². The number of carbonyl (C=O) groups is 1. The van der Waals surface area contributed by atoms with E-state index in [1.165, 1.54) is 27.7 Å². The largest absolute Gasteiger partial charge is 0.296 e. The predicted molar refractivity (Wildman–Crippen MR) is 108 cm³/mol. The monoisotopic (exact) mass is 377 g/mol. The molecule has 0 atom stereocenters. The van der Waals surface area contributed by atoms with Crippen molar-refractivity contribution in [2.75, 3.05) is 5.32 Å². The van der Waals surface area contributed by atoms with E-state index in [9.17, 15) is 4.79 Å². The van der Waals surface area contributed by atoms with Gasteiger partial charge >= 0.3 is 0 Å². The van der Waals surface area contributed by atoms with Crippen LogP contribution in [0.1, 0.15) is 15.9 Å². The highest BCUT2D eigenvalue weighted by Gasteiger charge is 2.11. The van der Waals surface area contributed by atoms with Crippen LogP contribution in [-0.4, -0.2) is 16.1 Å². The molecular formula is C20H15N3OS2. The number of benzene rings is 3. The molecule has 26 heavy (non-hydrogen) atoms. The second kappa shape index (κ2) is 7.68. The standard InChI is InChI=1S/C20H15N3OS2/c24-18(15-8-2-1-3-9-15)21-19-22-23-20(26-19)25-13-16-11-6-10-14-7-4-5-12-17(14)16/h1-12H,13H2,(H,21,22,24). The van der Waals surface area contributed by atoms with Crippen molar-refractivity contribution in [3.8, 4) is 0 Å². The summed E-state index contributed by atoms with van der Waals surface area (Å²) in [5, 5.41) is 14.0. The number of nitrogens with zero attached hydrogens (tertiary/aromatic N) is 2. The van der Waals surface area contributed by atoms with Gasteiger partial charge in [-0.05, 0) is 28.5 Å². The van der Waals surface area contributed by atoms with Crippen LogP contribution in [0, 0.1) is 0 Å². The first-order chi connectivity index (χ1) is 12.8. The third-order valence-corrected chi connectivity index (χ3v) is 5.91. The van der Waals surface area contributed by atoms with Crippen LogP contribution in [0.15, 0.2) is 77.1 Å². The normalized spacial score (nSPS) is 10.8. The quantitative estimate of drug-likeness (QED) is 0.382. The number of hydrogen-bond donors (Lipinski definition) is 1. The maximum absolute atomic E-state index is 12.2. The Kier molecular flexibility index (Phi) is 4.95. The maximum atomic E-state index is 12.2. The molecule has 4 aromatic rings. The van der Waals surface area contributed by atoms with Gasteiger partial charge in [0.2, 0.25) is 5.13 Å². The minimum absolute atomic E-state index is 0.174. The molecule has 128 valence electrons. The van der Waals surface area contributed by atoms with Gasteiger partial charge in [-0.15, -0.1) is 10.2 Å². The molecule has 6 heteroatoms. The number of nitrogens with one attached hydrogen (secondary N) is 1. The zero-order chi connectivity index (χ0) is 17.8. The summed E-state index contributed by atoms with van der Waals surface area (Å²) >= 11 is 3.02. The molecule has 1 N–H and O–H groups in total. The molecule has 0 saturated heterocycles. The lowest BCUT2D eigenvalue weighted by atomic mass is 10.1. The Morgan fingerprint density at radius 3 is 2.58 bits per heavy atom. The van der Waals surface area contributed by atoms with Crippen molar-refractivity contribution in [1.29, 1.82) is 0 Å². The van der Waals surface area contributed by atoms with Crippen molar-refractivity contribution < 1.29 is 4.79 Å². The van der Waals surface area contributed by atoms with E-state index in [-0.39, 0.29) is 5.91 Å². The molecule has 0 saturated carbocycles. The highest BCUT2D eigenvalue weighted by Crippen LogP contribution is 2.30. The smallest absolute Gasteiger partial charge is 0.257 e. The molecule has 1 heterocycles. The molecule has 0 radical (unpaired) electrons. The number of thioether (sulfide) groups is 1. The van der Waals surface area contributed by atoms with Crippen molar-refractivity contribution in [2.24, 2.45) is 0 Å². The number of anilines is 1. The number of fused-ring (bicyclic) bond motifs is 1. The van der Waals surface area contributed by atoms with Crippen molar-refractivity contribution in [1.82, 2.24) is 10.2 Å². The fourth-order valence-corrected chi connectivity index (χ4v) is 4.39.